The van der Waals surface area contributed by atoms with Gasteiger partial charge in [-0.2, -0.15) is 0 Å². The van der Waals surface area contributed by atoms with Crippen LogP contribution in [0.1, 0.15) is 79.8 Å². The highest BCUT2D eigenvalue weighted by molar-refractivity contribution is 7.46. The quantitative estimate of drug-likeness (QED) is 0.0824. The predicted octanol–water partition coefficient (Wildman–Crippen LogP) is 2.19. The molecule has 0 radical (unpaired) electrons. The van der Waals surface area contributed by atoms with Gasteiger partial charge in [0.25, 0.3) is 0 Å². The first-order valence-corrected chi connectivity index (χ1v) is 19.1. The van der Waals surface area contributed by atoms with Gasteiger partial charge in [0.1, 0.15) is 23.4 Å². The molecule has 4 aliphatic rings. The molecule has 1 aromatic rings. The Kier molecular flexibility index (Phi) is 11.0. The fraction of sp³-hybridized carbons (Fsp3) is 0.694. The SMILES string of the molecule is CC1=C2C(OCOP(=O)(O)O)C(=O)[C@]3(C)C(O)CC4OCC4(O)C3C(C)C(O)(CC1OC(=O)C(O)C(NC(=O)OC(C)(C)C)c1ccccc1)C2(C)C. The minimum atomic E-state index is -5.09. The zero-order valence-corrected chi connectivity index (χ0v) is 32.0. The van der Waals surface area contributed by atoms with E-state index in [1.54, 1.807) is 71.9 Å². The second kappa shape index (κ2) is 14.1. The maximum atomic E-state index is 14.9. The highest BCUT2D eigenvalue weighted by Crippen LogP contribution is 2.64. The number of Topliss-reactive ketones (excluding diaryl/α,β-unsaturated/α-hetero) is 1. The van der Waals surface area contributed by atoms with Crippen molar-refractivity contribution < 1.29 is 72.6 Å². The number of nitrogens with one attached hydrogen (secondary N) is 1. The van der Waals surface area contributed by atoms with E-state index in [4.69, 9.17) is 18.9 Å². The summed E-state index contributed by atoms with van der Waals surface area (Å²) in [7, 11) is -5.09. The van der Waals surface area contributed by atoms with E-state index >= 15 is 0 Å². The second-order valence-corrected chi connectivity index (χ2v) is 17.7. The van der Waals surface area contributed by atoms with Crippen LogP contribution in [0.4, 0.5) is 4.79 Å². The van der Waals surface area contributed by atoms with Gasteiger partial charge in [-0.1, -0.05) is 51.1 Å². The largest absolute Gasteiger partial charge is 0.471 e. The normalized spacial score (nSPS) is 36.5. The summed E-state index contributed by atoms with van der Waals surface area (Å²) in [4.78, 5) is 60.5. The molecule has 0 aromatic heterocycles. The lowest BCUT2D eigenvalue weighted by Crippen LogP contribution is -2.79. The fourth-order valence-corrected chi connectivity index (χ4v) is 9.39. The molecule has 296 valence electrons. The molecule has 5 rings (SSSR count). The van der Waals surface area contributed by atoms with Gasteiger partial charge in [0.05, 0.1) is 35.9 Å². The molecule has 3 aliphatic carbocycles. The molecule has 53 heavy (non-hydrogen) atoms. The Balaban J connectivity index is 1.59. The zero-order valence-electron chi connectivity index (χ0n) is 31.1. The Labute approximate surface area is 308 Å². The molecule has 10 unspecified atom stereocenters. The summed E-state index contributed by atoms with van der Waals surface area (Å²) in [6.07, 6.45) is -8.60. The van der Waals surface area contributed by atoms with Crippen molar-refractivity contribution in [2.75, 3.05) is 13.4 Å². The van der Waals surface area contributed by atoms with Gasteiger partial charge >= 0.3 is 19.9 Å². The molecular formula is C36H52NO15P. The number of aliphatic hydroxyl groups excluding tert-OH is 2. The number of benzene rings is 1. The molecule has 1 heterocycles. The van der Waals surface area contributed by atoms with Crippen molar-refractivity contribution in [1.82, 2.24) is 5.32 Å². The van der Waals surface area contributed by atoms with Gasteiger partial charge in [0.2, 0.25) is 0 Å². The predicted molar refractivity (Wildman–Crippen MR) is 184 cm³/mol. The van der Waals surface area contributed by atoms with Crippen molar-refractivity contribution in [2.24, 2.45) is 22.7 Å². The van der Waals surface area contributed by atoms with E-state index < -0.39 is 108 Å². The number of ether oxygens (including phenoxy) is 4. The third-order valence-corrected chi connectivity index (χ3v) is 12.4. The molecule has 1 aliphatic heterocycles. The smallest absolute Gasteiger partial charge is 0.456 e. The van der Waals surface area contributed by atoms with Crippen LogP contribution in [0.5, 0.6) is 0 Å². The first kappa shape index (κ1) is 41.4. The van der Waals surface area contributed by atoms with Crippen LogP contribution in [0.3, 0.4) is 0 Å². The van der Waals surface area contributed by atoms with Gasteiger partial charge < -0.3 is 54.5 Å². The molecule has 7 N–H and O–H groups in total. The first-order valence-electron chi connectivity index (χ1n) is 17.5. The lowest BCUT2D eigenvalue weighted by molar-refractivity contribution is -0.336. The van der Waals surface area contributed by atoms with Crippen molar-refractivity contribution in [3.8, 4) is 0 Å². The van der Waals surface area contributed by atoms with Gasteiger partial charge in [0.15, 0.2) is 18.7 Å². The highest BCUT2D eigenvalue weighted by atomic mass is 31.2. The maximum absolute atomic E-state index is 14.9. The highest BCUT2D eigenvalue weighted by Gasteiger charge is 2.74. The molecule has 17 heteroatoms. The van der Waals surface area contributed by atoms with E-state index in [-0.39, 0.29) is 30.6 Å². The number of carbonyl (C=O) groups is 3. The minimum absolute atomic E-state index is 0.0991. The number of hydrogen-bond donors (Lipinski definition) is 7. The number of phosphoric ester groups is 1. The van der Waals surface area contributed by atoms with E-state index in [1.165, 1.54) is 13.8 Å². The molecule has 16 nitrogen and oxygen atoms in total. The molecule has 0 spiro atoms. The van der Waals surface area contributed by atoms with Crippen LogP contribution < -0.4 is 5.32 Å². The lowest BCUT2D eigenvalue weighted by Gasteiger charge is -2.67. The topological polar surface area (TPSA) is 248 Å². The Hall–Kier alpha value is -2.76. The average molecular weight is 770 g/mol. The summed E-state index contributed by atoms with van der Waals surface area (Å²) in [5.41, 5.74) is -6.98. The number of alkyl carbamates (subject to hydrolysis) is 1. The van der Waals surface area contributed by atoms with Gasteiger partial charge in [-0.15, -0.1) is 0 Å². The number of carbonyl (C=O) groups excluding carboxylic acids is 3. The maximum Gasteiger partial charge on any atom is 0.471 e. The summed E-state index contributed by atoms with van der Waals surface area (Å²) in [5.74, 6) is -4.07. The average Bonchev–Trinajstić information content (AvgIpc) is 3.04. The summed E-state index contributed by atoms with van der Waals surface area (Å²) < 4.78 is 39.0. The van der Waals surface area contributed by atoms with E-state index in [0.29, 0.717) is 5.56 Å². The molecule has 1 saturated heterocycles. The van der Waals surface area contributed by atoms with Crippen LogP contribution in [0.15, 0.2) is 41.5 Å². The molecular weight excluding hydrogens is 717 g/mol. The monoisotopic (exact) mass is 769 g/mol. The van der Waals surface area contributed by atoms with Gasteiger partial charge in [-0.25, -0.2) is 14.2 Å². The molecule has 2 bridgehead atoms. The van der Waals surface area contributed by atoms with E-state index in [1.807, 2.05) is 0 Å². The van der Waals surface area contributed by atoms with Crippen molar-refractivity contribution >= 4 is 25.7 Å². The van der Waals surface area contributed by atoms with Gasteiger partial charge in [-0.05, 0) is 57.2 Å². The van der Waals surface area contributed by atoms with E-state index in [0.717, 1.165) is 0 Å². The number of aliphatic hydroxyl groups is 4. The molecule has 3 fully saturated rings. The van der Waals surface area contributed by atoms with Crippen LogP contribution in [0.2, 0.25) is 0 Å². The van der Waals surface area contributed by atoms with Gasteiger partial charge in [-0.3, -0.25) is 9.32 Å². The number of fused-ring (bicyclic) bond motifs is 5. The van der Waals surface area contributed by atoms with Crippen molar-refractivity contribution in [3.63, 3.8) is 0 Å². The Morgan fingerprint density at radius 3 is 2.28 bits per heavy atom. The summed E-state index contributed by atoms with van der Waals surface area (Å²) in [5, 5.41) is 50.6. The number of ketones is 1. The Bertz CT molecular complexity index is 1670. The number of esters is 1. The summed E-state index contributed by atoms with van der Waals surface area (Å²) >= 11 is 0. The first-order chi connectivity index (χ1) is 24.3. The van der Waals surface area contributed by atoms with Crippen LogP contribution in [-0.4, -0.2) is 109 Å². The zero-order chi connectivity index (χ0) is 39.7. The fourth-order valence-electron chi connectivity index (χ4n) is 9.19. The van der Waals surface area contributed by atoms with Crippen LogP contribution in [-0.2, 0) is 37.6 Å². The molecule has 2 saturated carbocycles. The molecule has 1 amide bonds. The third kappa shape index (κ3) is 7.23. The number of rotatable bonds is 9. The summed E-state index contributed by atoms with van der Waals surface area (Å²) in [6.45, 7) is 11.6. The van der Waals surface area contributed by atoms with Gasteiger partial charge in [0, 0.05) is 24.2 Å². The number of amides is 1. The minimum Gasteiger partial charge on any atom is -0.456 e. The van der Waals surface area contributed by atoms with Crippen molar-refractivity contribution in [3.05, 3.63) is 47.0 Å². The third-order valence-electron chi connectivity index (χ3n) is 11.9. The lowest BCUT2D eigenvalue weighted by atomic mass is 9.43. The van der Waals surface area contributed by atoms with Crippen LogP contribution in [0, 0.1) is 22.7 Å². The Morgan fingerprint density at radius 1 is 1.11 bits per heavy atom. The second-order valence-electron chi connectivity index (χ2n) is 16.5. The standard InChI is InChI=1S/C36H52NO15P/c1-18-21(51-30(41)26(39)25(20-12-10-9-11-13-20)37-31(42)52-32(3,4)5)15-36(44)19(2)28-34(8,22(38)14-23-35(28,43)16-48-23)29(40)27(24(18)33(36,6)7)49-17-50-53(45,46)47/h9-13,19,21-23,25-28,38-39,43-44H,14-17H2,1-8H3,(H,37,42)(H2,45,46,47)/t19?,21?,22?,23?,25?,26?,27?,28?,34-,35?,36?/m1/s1. The summed E-state index contributed by atoms with van der Waals surface area (Å²) in [6, 6.07) is 6.84. The number of phosphoric acid groups is 1. The van der Waals surface area contributed by atoms with Crippen molar-refractivity contribution in [2.45, 2.75) is 122 Å². The van der Waals surface area contributed by atoms with Crippen molar-refractivity contribution in [1.29, 1.82) is 0 Å². The number of hydrogen-bond acceptors (Lipinski definition) is 13. The van der Waals surface area contributed by atoms with Crippen LogP contribution in [0.25, 0.3) is 0 Å². The van der Waals surface area contributed by atoms with Crippen LogP contribution >= 0.6 is 7.82 Å². The van der Waals surface area contributed by atoms with E-state index in [2.05, 4.69) is 9.84 Å². The molecule has 1 aromatic carbocycles. The molecule has 11 atom stereocenters. The Morgan fingerprint density at radius 2 is 1.74 bits per heavy atom. The van der Waals surface area contributed by atoms with E-state index in [9.17, 15) is 49.2 Å².